The summed E-state index contributed by atoms with van der Waals surface area (Å²) in [5.74, 6) is 2.12. The quantitative estimate of drug-likeness (QED) is 0.248. The van der Waals surface area contributed by atoms with Crippen LogP contribution in [0.4, 0.5) is 5.69 Å². The van der Waals surface area contributed by atoms with Crippen LogP contribution in [-0.2, 0) is 4.79 Å². The van der Waals surface area contributed by atoms with E-state index < -0.39 is 0 Å². The summed E-state index contributed by atoms with van der Waals surface area (Å²) in [7, 11) is 1.63. The molecular weight excluding hydrogens is 442 g/mol. The topological polar surface area (TPSA) is 48.0 Å². The molecule has 0 atom stereocenters. The molecule has 1 amide bonds. The van der Waals surface area contributed by atoms with E-state index in [2.05, 4.69) is 0 Å². The van der Waals surface area contributed by atoms with Crippen molar-refractivity contribution in [1.29, 1.82) is 0 Å². The van der Waals surface area contributed by atoms with Crippen LogP contribution < -0.4 is 19.1 Å². The van der Waals surface area contributed by atoms with Crippen molar-refractivity contribution in [3.63, 3.8) is 0 Å². The van der Waals surface area contributed by atoms with E-state index in [0.717, 1.165) is 22.7 Å². The van der Waals surface area contributed by atoms with Crippen molar-refractivity contribution < 1.29 is 19.0 Å². The maximum absolute atomic E-state index is 12.9. The summed E-state index contributed by atoms with van der Waals surface area (Å²) in [5.41, 5.74) is 1.64. The largest absolute Gasteiger partial charge is 0.497 e. The molecule has 1 aliphatic rings. The zero-order chi connectivity index (χ0) is 22.3. The number of nitrogens with zero attached hydrogens (tertiary/aromatic N) is 1. The maximum Gasteiger partial charge on any atom is 0.270 e. The van der Waals surface area contributed by atoms with Crippen molar-refractivity contribution in [2.24, 2.45) is 0 Å². The molecule has 0 aromatic heterocycles. The molecule has 1 saturated heterocycles. The average molecular weight is 464 g/mol. The van der Waals surface area contributed by atoms with Crippen molar-refractivity contribution in [3.8, 4) is 17.2 Å². The molecule has 3 aromatic carbocycles. The number of para-hydroxylation sites is 1. The first kappa shape index (κ1) is 21.9. The molecule has 3 aromatic rings. The third kappa shape index (κ3) is 5.30. The van der Waals surface area contributed by atoms with Gasteiger partial charge in [-0.1, -0.05) is 54.3 Å². The number of hydrogen-bond donors (Lipinski definition) is 0. The Labute approximate surface area is 196 Å². The first-order chi connectivity index (χ1) is 15.6. The van der Waals surface area contributed by atoms with E-state index >= 15 is 0 Å². The van der Waals surface area contributed by atoms with E-state index in [9.17, 15) is 4.79 Å². The third-order valence-electron chi connectivity index (χ3n) is 4.64. The SMILES string of the molecule is COc1ccc(OCCOc2cccc(/C=C3\SC(=S)N(c4ccccc4)C3=O)c2)cc1. The summed E-state index contributed by atoms with van der Waals surface area (Å²) in [6.45, 7) is 0.803. The van der Waals surface area contributed by atoms with Crippen molar-refractivity contribution in [2.75, 3.05) is 25.2 Å². The van der Waals surface area contributed by atoms with Gasteiger partial charge in [0.1, 0.15) is 30.5 Å². The van der Waals surface area contributed by atoms with Gasteiger partial charge in [-0.3, -0.25) is 9.69 Å². The fourth-order valence-electron chi connectivity index (χ4n) is 3.10. The number of anilines is 1. The molecule has 1 aliphatic heterocycles. The minimum Gasteiger partial charge on any atom is -0.497 e. The highest BCUT2D eigenvalue weighted by Crippen LogP contribution is 2.36. The maximum atomic E-state index is 12.9. The van der Waals surface area contributed by atoms with E-state index in [1.165, 1.54) is 11.8 Å². The number of methoxy groups -OCH3 is 1. The molecule has 0 radical (unpaired) electrons. The number of ether oxygens (including phenoxy) is 3. The fraction of sp³-hybridized carbons (Fsp3) is 0.120. The summed E-state index contributed by atoms with van der Waals surface area (Å²) in [6, 6.07) is 24.4. The Bertz CT molecular complexity index is 1130. The van der Waals surface area contributed by atoms with Gasteiger partial charge in [0.15, 0.2) is 4.32 Å². The Balaban J connectivity index is 1.36. The molecule has 32 heavy (non-hydrogen) atoms. The molecule has 0 saturated carbocycles. The first-order valence-electron chi connectivity index (χ1n) is 9.97. The smallest absolute Gasteiger partial charge is 0.270 e. The molecular formula is C25H21NO4S2. The summed E-state index contributed by atoms with van der Waals surface area (Å²) < 4.78 is 17.2. The van der Waals surface area contributed by atoms with Crippen LogP contribution >= 0.6 is 24.0 Å². The number of thioether (sulfide) groups is 1. The van der Waals surface area contributed by atoms with Crippen LogP contribution in [0.2, 0.25) is 0 Å². The number of thiocarbonyl (C=S) groups is 1. The molecule has 4 rings (SSSR count). The molecule has 5 nitrogen and oxygen atoms in total. The Morgan fingerprint density at radius 1 is 0.875 bits per heavy atom. The number of carbonyl (C=O) groups is 1. The minimum atomic E-state index is -0.120. The second-order valence-corrected chi connectivity index (χ2v) is 8.47. The number of rotatable bonds is 8. The molecule has 1 heterocycles. The highest BCUT2D eigenvalue weighted by Gasteiger charge is 2.33. The van der Waals surface area contributed by atoms with Gasteiger partial charge >= 0.3 is 0 Å². The lowest BCUT2D eigenvalue weighted by atomic mass is 10.2. The lowest BCUT2D eigenvalue weighted by Gasteiger charge is -2.13. The van der Waals surface area contributed by atoms with Crippen LogP contribution in [0.1, 0.15) is 5.56 Å². The van der Waals surface area contributed by atoms with Crippen molar-refractivity contribution >= 4 is 46.0 Å². The molecule has 0 spiro atoms. The lowest BCUT2D eigenvalue weighted by Crippen LogP contribution is -2.27. The van der Waals surface area contributed by atoms with Crippen LogP contribution in [0.3, 0.4) is 0 Å². The van der Waals surface area contributed by atoms with Crippen LogP contribution in [0.5, 0.6) is 17.2 Å². The van der Waals surface area contributed by atoms with Gasteiger partial charge in [0, 0.05) is 0 Å². The van der Waals surface area contributed by atoms with Gasteiger partial charge in [-0.05, 0) is 60.2 Å². The molecule has 0 bridgehead atoms. The van der Waals surface area contributed by atoms with Crippen molar-refractivity contribution in [1.82, 2.24) is 0 Å². The standard InChI is InChI=1S/C25H21NO4S2/c1-28-20-10-12-21(13-11-20)29-14-15-30-22-9-5-6-18(16-22)17-23-24(27)26(25(31)32-23)19-7-3-2-4-8-19/h2-13,16-17H,14-15H2,1H3/b23-17-. The zero-order valence-corrected chi connectivity index (χ0v) is 19.0. The van der Waals surface area contributed by atoms with Gasteiger partial charge in [-0.2, -0.15) is 0 Å². The zero-order valence-electron chi connectivity index (χ0n) is 17.4. The van der Waals surface area contributed by atoms with Crippen LogP contribution in [0.15, 0.2) is 83.8 Å². The number of benzene rings is 3. The van der Waals surface area contributed by atoms with Crippen LogP contribution in [-0.4, -0.2) is 30.6 Å². The van der Waals surface area contributed by atoms with E-state index in [0.29, 0.717) is 28.2 Å². The number of amides is 1. The molecule has 0 aliphatic carbocycles. The molecule has 0 N–H and O–H groups in total. The number of carbonyl (C=O) groups excluding carboxylic acids is 1. The van der Waals surface area contributed by atoms with Gasteiger partial charge in [0.05, 0.1) is 17.7 Å². The Kier molecular flexibility index (Phi) is 7.09. The average Bonchev–Trinajstić information content (AvgIpc) is 3.10. The molecule has 162 valence electrons. The van der Waals surface area contributed by atoms with E-state index in [1.54, 1.807) is 12.0 Å². The lowest BCUT2D eigenvalue weighted by molar-refractivity contribution is -0.113. The second-order valence-electron chi connectivity index (χ2n) is 6.80. The molecule has 7 heteroatoms. The van der Waals surface area contributed by atoms with Gasteiger partial charge in [0.2, 0.25) is 0 Å². The van der Waals surface area contributed by atoms with Crippen LogP contribution in [0, 0.1) is 0 Å². The normalized spacial score (nSPS) is 14.7. The Morgan fingerprint density at radius 2 is 1.56 bits per heavy atom. The van der Waals surface area contributed by atoms with Gasteiger partial charge < -0.3 is 14.2 Å². The minimum absolute atomic E-state index is 0.120. The second kappa shape index (κ2) is 10.3. The highest BCUT2D eigenvalue weighted by atomic mass is 32.2. The molecule has 0 unspecified atom stereocenters. The van der Waals surface area contributed by atoms with Crippen molar-refractivity contribution in [2.45, 2.75) is 0 Å². The molecule has 1 fully saturated rings. The summed E-state index contributed by atoms with van der Waals surface area (Å²) in [5, 5.41) is 0. The van der Waals surface area contributed by atoms with Crippen LogP contribution in [0.25, 0.3) is 6.08 Å². The van der Waals surface area contributed by atoms with Gasteiger partial charge in [-0.25, -0.2) is 0 Å². The number of hydrogen-bond acceptors (Lipinski definition) is 6. The third-order valence-corrected chi connectivity index (χ3v) is 5.95. The summed E-state index contributed by atoms with van der Waals surface area (Å²) >= 11 is 6.72. The Morgan fingerprint density at radius 3 is 2.28 bits per heavy atom. The fourth-order valence-corrected chi connectivity index (χ4v) is 4.40. The monoisotopic (exact) mass is 463 g/mol. The highest BCUT2D eigenvalue weighted by molar-refractivity contribution is 8.27. The van der Waals surface area contributed by atoms with E-state index in [-0.39, 0.29) is 5.91 Å². The summed E-state index contributed by atoms with van der Waals surface area (Å²) in [6.07, 6.45) is 1.84. The predicted octanol–water partition coefficient (Wildman–Crippen LogP) is 5.56. The van der Waals surface area contributed by atoms with E-state index in [4.69, 9.17) is 26.4 Å². The summed E-state index contributed by atoms with van der Waals surface area (Å²) in [4.78, 5) is 15.0. The van der Waals surface area contributed by atoms with E-state index in [1.807, 2.05) is 84.9 Å². The van der Waals surface area contributed by atoms with Gasteiger partial charge in [-0.15, -0.1) is 0 Å². The Hall–Kier alpha value is -3.29. The first-order valence-corrected chi connectivity index (χ1v) is 11.2. The predicted molar refractivity (Wildman–Crippen MR) is 133 cm³/mol. The van der Waals surface area contributed by atoms with Gasteiger partial charge in [0.25, 0.3) is 5.91 Å². The van der Waals surface area contributed by atoms with Crippen molar-refractivity contribution in [3.05, 3.63) is 89.3 Å².